The van der Waals surface area contributed by atoms with Crippen molar-refractivity contribution in [1.82, 2.24) is 0 Å². The van der Waals surface area contributed by atoms with Crippen LogP contribution in [0, 0.1) is 0 Å². The Morgan fingerprint density at radius 1 is 1.50 bits per heavy atom. The maximum Gasteiger partial charge on any atom is 0.264 e. The van der Waals surface area contributed by atoms with Gasteiger partial charge in [-0.05, 0) is 13.3 Å². The molecule has 0 bridgehead atoms. The highest BCUT2D eigenvalue weighted by atomic mass is 35.6. The summed E-state index contributed by atoms with van der Waals surface area (Å²) in [7, 11) is -3.65. The summed E-state index contributed by atoms with van der Waals surface area (Å²) in [4.78, 5) is 0. The minimum atomic E-state index is -3.65. The zero-order chi connectivity index (χ0) is 11.6. The van der Waals surface area contributed by atoms with E-state index in [0.29, 0.717) is 5.57 Å². The second-order valence-electron chi connectivity index (χ2n) is 2.99. The smallest absolute Gasteiger partial charge is 0.262 e. The molecule has 0 amide bonds. The van der Waals surface area contributed by atoms with Crippen molar-refractivity contribution in [1.29, 1.82) is 0 Å². The highest BCUT2D eigenvalue weighted by Gasteiger charge is 2.36. The van der Waals surface area contributed by atoms with Crippen molar-refractivity contribution in [3.05, 3.63) is 12.2 Å². The van der Waals surface area contributed by atoms with Crippen LogP contribution in [-0.4, -0.2) is 24.6 Å². The summed E-state index contributed by atoms with van der Waals surface area (Å²) in [6, 6.07) is 0. The van der Waals surface area contributed by atoms with Gasteiger partial charge in [0.05, 0.1) is 6.26 Å². The summed E-state index contributed by atoms with van der Waals surface area (Å²) in [6.07, 6.45) is 0.0262. The Labute approximate surface area is 99.1 Å². The Balaban J connectivity index is 4.67. The Morgan fingerprint density at radius 3 is 2.14 bits per heavy atom. The van der Waals surface area contributed by atoms with Crippen LogP contribution >= 0.6 is 34.8 Å². The predicted molar refractivity (Wildman–Crippen MR) is 59.4 cm³/mol. The second kappa shape index (κ2) is 5.03. The third-order valence-electron chi connectivity index (χ3n) is 1.19. The highest BCUT2D eigenvalue weighted by Crippen LogP contribution is 2.35. The molecular formula is C7H11Cl3O3S. The van der Waals surface area contributed by atoms with Gasteiger partial charge in [-0.15, -0.1) is 6.58 Å². The van der Waals surface area contributed by atoms with E-state index in [9.17, 15) is 8.42 Å². The van der Waals surface area contributed by atoms with Gasteiger partial charge in [0.15, 0.2) is 0 Å². The van der Waals surface area contributed by atoms with Crippen molar-refractivity contribution in [2.45, 2.75) is 23.2 Å². The van der Waals surface area contributed by atoms with E-state index < -0.39 is 20.0 Å². The number of hydrogen-bond donors (Lipinski definition) is 0. The molecule has 0 aliphatic carbocycles. The fourth-order valence-corrected chi connectivity index (χ4v) is 1.89. The van der Waals surface area contributed by atoms with Gasteiger partial charge in [-0.25, -0.2) is 0 Å². The lowest BCUT2D eigenvalue weighted by atomic mass is 10.2. The SMILES string of the molecule is C=C(C)CC(OS(C)(=O)=O)C(Cl)(Cl)Cl. The molecule has 0 aromatic carbocycles. The van der Waals surface area contributed by atoms with Crippen LogP contribution in [0.4, 0.5) is 0 Å². The number of hydrogen-bond acceptors (Lipinski definition) is 3. The van der Waals surface area contributed by atoms with Crippen molar-refractivity contribution in [2.24, 2.45) is 0 Å². The molecule has 0 aliphatic rings. The summed E-state index contributed by atoms with van der Waals surface area (Å²) < 4.78 is 24.5. The molecule has 1 unspecified atom stereocenters. The van der Waals surface area contributed by atoms with Crippen molar-refractivity contribution in [2.75, 3.05) is 6.26 Å². The van der Waals surface area contributed by atoms with Crippen molar-refractivity contribution < 1.29 is 12.6 Å². The van der Waals surface area contributed by atoms with Gasteiger partial charge in [0, 0.05) is 0 Å². The van der Waals surface area contributed by atoms with E-state index in [1.54, 1.807) is 6.92 Å². The second-order valence-corrected chi connectivity index (χ2v) is 6.96. The third-order valence-corrected chi connectivity index (χ3v) is 2.50. The molecule has 0 saturated carbocycles. The Kier molecular flexibility index (Phi) is 5.22. The first-order valence-electron chi connectivity index (χ1n) is 3.61. The minimum Gasteiger partial charge on any atom is -0.262 e. The summed E-state index contributed by atoms with van der Waals surface area (Å²) in [5.74, 6) is 0. The van der Waals surface area contributed by atoms with Gasteiger partial charge in [0.1, 0.15) is 6.10 Å². The number of rotatable bonds is 4. The molecule has 3 nitrogen and oxygen atoms in total. The van der Waals surface area contributed by atoms with E-state index in [4.69, 9.17) is 34.8 Å². The quantitative estimate of drug-likeness (QED) is 0.452. The first-order valence-corrected chi connectivity index (χ1v) is 6.57. The van der Waals surface area contributed by atoms with Gasteiger partial charge >= 0.3 is 0 Å². The van der Waals surface area contributed by atoms with Crippen LogP contribution in [0.1, 0.15) is 13.3 Å². The Bertz CT molecular complexity index is 305. The number of halogens is 3. The summed E-state index contributed by atoms with van der Waals surface area (Å²) >= 11 is 16.6. The monoisotopic (exact) mass is 280 g/mol. The van der Waals surface area contributed by atoms with Crippen LogP contribution in [0.5, 0.6) is 0 Å². The van der Waals surface area contributed by atoms with Crippen LogP contribution in [0.25, 0.3) is 0 Å². The lowest BCUT2D eigenvalue weighted by molar-refractivity contribution is 0.216. The molecular weight excluding hydrogens is 270 g/mol. The topological polar surface area (TPSA) is 43.4 Å². The predicted octanol–water partition coefficient (Wildman–Crippen LogP) is 2.67. The minimum absolute atomic E-state index is 0.170. The highest BCUT2D eigenvalue weighted by molar-refractivity contribution is 7.86. The van der Waals surface area contributed by atoms with Gasteiger partial charge < -0.3 is 0 Å². The summed E-state index contributed by atoms with van der Waals surface area (Å²) in [5.41, 5.74) is 0.671. The van der Waals surface area contributed by atoms with Crippen LogP contribution in [0.15, 0.2) is 12.2 Å². The molecule has 1 atom stereocenters. The summed E-state index contributed by atoms with van der Waals surface area (Å²) in [6.45, 7) is 5.28. The molecule has 7 heteroatoms. The lowest BCUT2D eigenvalue weighted by Crippen LogP contribution is -2.31. The average molecular weight is 282 g/mol. The van der Waals surface area contributed by atoms with Crippen molar-refractivity contribution in [3.8, 4) is 0 Å². The fourth-order valence-electron chi connectivity index (χ4n) is 0.732. The molecule has 0 heterocycles. The van der Waals surface area contributed by atoms with Gasteiger partial charge in [-0.1, -0.05) is 40.4 Å². The molecule has 0 spiro atoms. The fraction of sp³-hybridized carbons (Fsp3) is 0.714. The van der Waals surface area contributed by atoms with Crippen molar-refractivity contribution >= 4 is 44.9 Å². The van der Waals surface area contributed by atoms with Crippen LogP contribution in [-0.2, 0) is 14.3 Å². The molecule has 0 aliphatic heterocycles. The van der Waals surface area contributed by atoms with E-state index in [0.717, 1.165) is 6.26 Å². The normalized spacial score (nSPS) is 15.2. The average Bonchev–Trinajstić information content (AvgIpc) is 1.78. The first-order chi connectivity index (χ1) is 6.02. The largest absolute Gasteiger partial charge is 0.264 e. The first kappa shape index (κ1) is 14.5. The van der Waals surface area contributed by atoms with E-state index in [1.807, 2.05) is 0 Å². The van der Waals surface area contributed by atoms with Crippen molar-refractivity contribution in [3.63, 3.8) is 0 Å². The maximum atomic E-state index is 10.8. The molecule has 0 N–H and O–H groups in total. The van der Waals surface area contributed by atoms with E-state index in [1.165, 1.54) is 0 Å². The van der Waals surface area contributed by atoms with Gasteiger partial charge in [-0.2, -0.15) is 8.42 Å². The maximum absolute atomic E-state index is 10.8. The zero-order valence-electron chi connectivity index (χ0n) is 7.76. The molecule has 0 rings (SSSR count). The molecule has 0 aromatic heterocycles. The van der Waals surface area contributed by atoms with Gasteiger partial charge in [0.2, 0.25) is 3.79 Å². The molecule has 0 saturated heterocycles. The number of alkyl halides is 3. The summed E-state index contributed by atoms with van der Waals surface area (Å²) in [5, 5.41) is 0. The van der Waals surface area contributed by atoms with Gasteiger partial charge in [0.25, 0.3) is 10.1 Å². The Hall–Kier alpha value is 0.520. The molecule has 84 valence electrons. The van der Waals surface area contributed by atoms with Crippen LogP contribution in [0.2, 0.25) is 0 Å². The molecule has 0 aromatic rings. The van der Waals surface area contributed by atoms with E-state index >= 15 is 0 Å². The lowest BCUT2D eigenvalue weighted by Gasteiger charge is -2.23. The molecule has 0 radical (unpaired) electrons. The van der Waals surface area contributed by atoms with Crippen LogP contribution < -0.4 is 0 Å². The molecule has 14 heavy (non-hydrogen) atoms. The molecule has 0 fully saturated rings. The van der Waals surface area contributed by atoms with Gasteiger partial charge in [-0.3, -0.25) is 4.18 Å². The van der Waals surface area contributed by atoms with E-state index in [2.05, 4.69) is 10.8 Å². The Morgan fingerprint density at radius 2 is 1.93 bits per heavy atom. The standard InChI is InChI=1S/C7H11Cl3O3S/c1-5(2)4-6(7(8,9)10)13-14(3,11)12/h6H,1,4H2,2-3H3. The zero-order valence-corrected chi connectivity index (χ0v) is 10.8. The third kappa shape index (κ3) is 6.90. The van der Waals surface area contributed by atoms with E-state index in [-0.39, 0.29) is 6.42 Å². The van der Waals surface area contributed by atoms with Crippen LogP contribution in [0.3, 0.4) is 0 Å².